The predicted molar refractivity (Wildman–Crippen MR) is 57.5 cm³/mol. The van der Waals surface area contributed by atoms with E-state index in [1.807, 2.05) is 0 Å². The van der Waals surface area contributed by atoms with Crippen LogP contribution in [0.5, 0.6) is 0 Å². The lowest BCUT2D eigenvalue weighted by atomic mass is 9.79. The highest BCUT2D eigenvalue weighted by molar-refractivity contribution is 5.00. The number of hydrogen-bond donors (Lipinski definition) is 0. The van der Waals surface area contributed by atoms with Crippen molar-refractivity contribution in [3.63, 3.8) is 0 Å². The standard InChI is InChI=1S/C11H22N2O/c1-3-12-8-11(9-12)4-5-13(10-11)6-7-14-2/h3-10H2,1-2H3. The highest BCUT2D eigenvalue weighted by atomic mass is 16.5. The average molecular weight is 198 g/mol. The van der Waals surface area contributed by atoms with E-state index in [1.54, 1.807) is 7.11 Å². The van der Waals surface area contributed by atoms with Gasteiger partial charge in [0.05, 0.1) is 6.61 Å². The Bertz CT molecular complexity index is 190. The van der Waals surface area contributed by atoms with Gasteiger partial charge in [0.25, 0.3) is 0 Å². The fraction of sp³-hybridized carbons (Fsp3) is 1.00. The zero-order valence-electron chi connectivity index (χ0n) is 9.46. The molecule has 3 nitrogen and oxygen atoms in total. The largest absolute Gasteiger partial charge is 0.383 e. The Morgan fingerprint density at radius 3 is 2.57 bits per heavy atom. The molecule has 0 unspecified atom stereocenters. The van der Waals surface area contributed by atoms with Crippen LogP contribution in [-0.4, -0.2) is 62.8 Å². The molecule has 0 amide bonds. The van der Waals surface area contributed by atoms with Crippen molar-refractivity contribution >= 4 is 0 Å². The summed E-state index contributed by atoms with van der Waals surface area (Å²) in [6.07, 6.45) is 1.40. The molecule has 0 radical (unpaired) electrons. The summed E-state index contributed by atoms with van der Waals surface area (Å²) in [5, 5.41) is 0. The van der Waals surface area contributed by atoms with Gasteiger partial charge in [0.1, 0.15) is 0 Å². The Balaban J connectivity index is 1.73. The molecule has 2 heterocycles. The number of ether oxygens (including phenoxy) is 1. The van der Waals surface area contributed by atoms with Crippen LogP contribution in [0.1, 0.15) is 13.3 Å². The molecule has 2 aliphatic heterocycles. The van der Waals surface area contributed by atoms with Gasteiger partial charge in [-0.1, -0.05) is 6.92 Å². The first-order valence-corrected chi connectivity index (χ1v) is 5.72. The van der Waals surface area contributed by atoms with Crippen molar-refractivity contribution in [2.45, 2.75) is 13.3 Å². The second kappa shape index (κ2) is 4.17. The summed E-state index contributed by atoms with van der Waals surface area (Å²) >= 11 is 0. The van der Waals surface area contributed by atoms with Gasteiger partial charge in [0.2, 0.25) is 0 Å². The molecule has 0 bridgehead atoms. The predicted octanol–water partition coefficient (Wildman–Crippen LogP) is 0.660. The monoisotopic (exact) mass is 198 g/mol. The molecule has 0 aromatic rings. The van der Waals surface area contributed by atoms with E-state index in [2.05, 4.69) is 16.7 Å². The number of hydrogen-bond acceptors (Lipinski definition) is 3. The fourth-order valence-electron chi connectivity index (χ4n) is 2.82. The molecular formula is C11H22N2O. The molecule has 82 valence electrons. The van der Waals surface area contributed by atoms with E-state index in [9.17, 15) is 0 Å². The molecule has 0 saturated carbocycles. The van der Waals surface area contributed by atoms with E-state index in [1.165, 1.54) is 39.1 Å². The van der Waals surface area contributed by atoms with E-state index in [0.717, 1.165) is 13.2 Å². The van der Waals surface area contributed by atoms with Crippen LogP contribution in [0.2, 0.25) is 0 Å². The van der Waals surface area contributed by atoms with Crippen LogP contribution in [0.15, 0.2) is 0 Å². The molecule has 0 atom stereocenters. The average Bonchev–Trinajstić information content (AvgIpc) is 2.56. The van der Waals surface area contributed by atoms with E-state index in [0.29, 0.717) is 5.41 Å². The van der Waals surface area contributed by atoms with E-state index in [-0.39, 0.29) is 0 Å². The van der Waals surface area contributed by atoms with Crippen LogP contribution in [0.3, 0.4) is 0 Å². The SMILES string of the molecule is CCN1CC2(CCN(CCOC)C2)C1. The minimum Gasteiger partial charge on any atom is -0.383 e. The van der Waals surface area contributed by atoms with Gasteiger partial charge in [0, 0.05) is 38.7 Å². The number of likely N-dealkylation sites (tertiary alicyclic amines) is 2. The maximum Gasteiger partial charge on any atom is 0.0589 e. The highest BCUT2D eigenvalue weighted by Gasteiger charge is 2.46. The van der Waals surface area contributed by atoms with Gasteiger partial charge < -0.3 is 14.5 Å². The molecule has 3 heteroatoms. The quantitative estimate of drug-likeness (QED) is 0.660. The summed E-state index contributed by atoms with van der Waals surface area (Å²) in [4.78, 5) is 5.09. The first-order chi connectivity index (χ1) is 6.78. The van der Waals surface area contributed by atoms with Gasteiger partial charge in [-0.05, 0) is 19.5 Å². The molecule has 0 N–H and O–H groups in total. The third-order valence-corrected chi connectivity index (χ3v) is 3.69. The molecular weight excluding hydrogens is 176 g/mol. The minimum atomic E-state index is 0.656. The first kappa shape index (κ1) is 10.4. The van der Waals surface area contributed by atoms with E-state index < -0.39 is 0 Å². The summed E-state index contributed by atoms with van der Waals surface area (Å²) in [5.74, 6) is 0. The molecule has 2 saturated heterocycles. The van der Waals surface area contributed by atoms with Crippen molar-refractivity contribution in [2.75, 3.05) is 53.0 Å². The third kappa shape index (κ3) is 1.95. The van der Waals surface area contributed by atoms with Crippen molar-refractivity contribution < 1.29 is 4.74 Å². The maximum atomic E-state index is 5.11. The zero-order valence-corrected chi connectivity index (χ0v) is 9.46. The lowest BCUT2D eigenvalue weighted by molar-refractivity contribution is 0.0113. The normalized spacial score (nSPS) is 27.0. The Morgan fingerprint density at radius 2 is 1.93 bits per heavy atom. The lowest BCUT2D eigenvalue weighted by Crippen LogP contribution is -2.57. The highest BCUT2D eigenvalue weighted by Crippen LogP contribution is 2.38. The Hall–Kier alpha value is -0.120. The van der Waals surface area contributed by atoms with Crippen LogP contribution in [0, 0.1) is 5.41 Å². The molecule has 2 fully saturated rings. The van der Waals surface area contributed by atoms with Crippen molar-refractivity contribution in [2.24, 2.45) is 5.41 Å². The van der Waals surface area contributed by atoms with E-state index >= 15 is 0 Å². The fourth-order valence-corrected chi connectivity index (χ4v) is 2.82. The molecule has 0 aromatic heterocycles. The molecule has 1 spiro atoms. The van der Waals surface area contributed by atoms with Crippen LogP contribution >= 0.6 is 0 Å². The van der Waals surface area contributed by atoms with Crippen molar-refractivity contribution in [1.29, 1.82) is 0 Å². The Morgan fingerprint density at radius 1 is 1.21 bits per heavy atom. The van der Waals surface area contributed by atoms with Gasteiger partial charge in [-0.15, -0.1) is 0 Å². The summed E-state index contributed by atoms with van der Waals surface area (Å²) in [7, 11) is 1.79. The first-order valence-electron chi connectivity index (χ1n) is 5.72. The molecule has 14 heavy (non-hydrogen) atoms. The molecule has 0 aromatic carbocycles. The summed E-state index contributed by atoms with van der Waals surface area (Å²) in [6.45, 7) is 10.7. The topological polar surface area (TPSA) is 15.7 Å². The zero-order chi connectivity index (χ0) is 10.0. The molecule has 0 aliphatic carbocycles. The molecule has 2 rings (SSSR count). The second-order valence-electron chi connectivity index (χ2n) is 4.82. The van der Waals surface area contributed by atoms with Gasteiger partial charge in [-0.25, -0.2) is 0 Å². The van der Waals surface area contributed by atoms with Gasteiger partial charge in [0.15, 0.2) is 0 Å². The number of rotatable bonds is 4. The van der Waals surface area contributed by atoms with Crippen molar-refractivity contribution in [1.82, 2.24) is 9.80 Å². The van der Waals surface area contributed by atoms with Crippen LogP contribution < -0.4 is 0 Å². The number of nitrogens with zero attached hydrogens (tertiary/aromatic N) is 2. The summed E-state index contributed by atoms with van der Waals surface area (Å²) < 4.78 is 5.11. The van der Waals surface area contributed by atoms with Gasteiger partial charge in [-0.3, -0.25) is 0 Å². The van der Waals surface area contributed by atoms with Crippen LogP contribution in [0.4, 0.5) is 0 Å². The third-order valence-electron chi connectivity index (χ3n) is 3.69. The summed E-state index contributed by atoms with van der Waals surface area (Å²) in [5.41, 5.74) is 0.656. The van der Waals surface area contributed by atoms with Crippen LogP contribution in [0.25, 0.3) is 0 Å². The van der Waals surface area contributed by atoms with Crippen LogP contribution in [-0.2, 0) is 4.74 Å². The van der Waals surface area contributed by atoms with Crippen molar-refractivity contribution in [3.8, 4) is 0 Å². The smallest absolute Gasteiger partial charge is 0.0589 e. The van der Waals surface area contributed by atoms with Gasteiger partial charge >= 0.3 is 0 Å². The molecule has 2 aliphatic rings. The second-order valence-corrected chi connectivity index (χ2v) is 4.82. The Kier molecular flexibility index (Phi) is 3.10. The van der Waals surface area contributed by atoms with Gasteiger partial charge in [-0.2, -0.15) is 0 Å². The lowest BCUT2D eigenvalue weighted by Gasteiger charge is -2.48. The van der Waals surface area contributed by atoms with Crippen molar-refractivity contribution in [3.05, 3.63) is 0 Å². The number of methoxy groups -OCH3 is 1. The maximum absolute atomic E-state index is 5.11. The Labute approximate surface area is 87.0 Å². The minimum absolute atomic E-state index is 0.656. The van der Waals surface area contributed by atoms with E-state index in [4.69, 9.17) is 4.74 Å². The summed E-state index contributed by atoms with van der Waals surface area (Å²) in [6, 6.07) is 0.